The first-order valence-electron chi connectivity index (χ1n) is 14.6. The number of rotatable bonds is 11. The fourth-order valence-electron chi connectivity index (χ4n) is 5.96. The molecule has 2 aromatic rings. The van der Waals surface area contributed by atoms with Gasteiger partial charge in [0.2, 0.25) is 11.8 Å². The van der Waals surface area contributed by atoms with Crippen molar-refractivity contribution in [3.05, 3.63) is 36.0 Å². The van der Waals surface area contributed by atoms with Crippen LogP contribution in [0.15, 0.2) is 30.5 Å². The van der Waals surface area contributed by atoms with E-state index in [1.807, 2.05) is 20.8 Å². The van der Waals surface area contributed by atoms with Crippen molar-refractivity contribution in [3.8, 4) is 0 Å². The molecule has 2 saturated carbocycles. The molecule has 208 valence electrons. The Kier molecular flexibility index (Phi) is 8.15. The molecule has 2 unspecified atom stereocenters. The van der Waals surface area contributed by atoms with Gasteiger partial charge in [-0.05, 0) is 56.1 Å². The van der Waals surface area contributed by atoms with Crippen LogP contribution in [0.3, 0.4) is 0 Å². The first kappa shape index (κ1) is 27.2. The van der Waals surface area contributed by atoms with Gasteiger partial charge in [0, 0.05) is 81.0 Å². The summed E-state index contributed by atoms with van der Waals surface area (Å²) in [5, 5.41) is 4.76. The maximum absolute atomic E-state index is 14.1. The number of hydrogen-bond acceptors (Lipinski definition) is 4. The molecule has 2 amide bonds. The second kappa shape index (κ2) is 11.4. The monoisotopic (exact) mass is 522 g/mol. The average Bonchev–Trinajstić information content (AvgIpc) is 3.84. The molecule has 1 aromatic heterocycles. The summed E-state index contributed by atoms with van der Waals surface area (Å²) < 4.78 is 7.58. The summed E-state index contributed by atoms with van der Waals surface area (Å²) in [5.74, 6) is 0.987. The van der Waals surface area contributed by atoms with Crippen LogP contribution in [0.25, 0.3) is 10.9 Å². The van der Waals surface area contributed by atoms with Crippen LogP contribution in [0.1, 0.15) is 64.9 Å². The van der Waals surface area contributed by atoms with Crippen LogP contribution >= 0.6 is 0 Å². The smallest absolute Gasteiger partial charge is 0.228 e. The van der Waals surface area contributed by atoms with Crippen molar-refractivity contribution in [3.63, 3.8) is 0 Å². The molecule has 0 bridgehead atoms. The summed E-state index contributed by atoms with van der Waals surface area (Å²) in [6, 6.07) is 8.93. The van der Waals surface area contributed by atoms with E-state index in [0.29, 0.717) is 25.0 Å². The molecule has 5 rings (SSSR count). The van der Waals surface area contributed by atoms with Gasteiger partial charge in [-0.2, -0.15) is 0 Å². The number of nitrogens with zero attached hydrogens (tertiary/aromatic N) is 3. The van der Waals surface area contributed by atoms with Crippen molar-refractivity contribution in [1.82, 2.24) is 19.7 Å². The normalized spacial score (nSPS) is 22.0. The van der Waals surface area contributed by atoms with Crippen molar-refractivity contribution in [2.45, 2.75) is 84.5 Å². The molecule has 1 aromatic carbocycles. The summed E-state index contributed by atoms with van der Waals surface area (Å²) in [7, 11) is 1.74. The Labute approximate surface area is 227 Å². The minimum atomic E-state index is -0.413. The Bertz CT molecular complexity index is 1130. The van der Waals surface area contributed by atoms with E-state index < -0.39 is 5.41 Å². The van der Waals surface area contributed by atoms with E-state index in [9.17, 15) is 9.59 Å². The van der Waals surface area contributed by atoms with Gasteiger partial charge in [0.1, 0.15) is 0 Å². The van der Waals surface area contributed by atoms with E-state index in [2.05, 4.69) is 50.1 Å². The Morgan fingerprint density at radius 2 is 1.82 bits per heavy atom. The Hall–Kier alpha value is -2.38. The maximum atomic E-state index is 14.1. The highest BCUT2D eigenvalue weighted by Crippen LogP contribution is 2.35. The number of hydrogen-bond donors (Lipinski definition) is 1. The van der Waals surface area contributed by atoms with Crippen LogP contribution < -0.4 is 5.32 Å². The fraction of sp³-hybridized carbons (Fsp3) is 0.677. The van der Waals surface area contributed by atoms with Crippen molar-refractivity contribution in [2.24, 2.45) is 17.3 Å². The van der Waals surface area contributed by atoms with Crippen molar-refractivity contribution >= 4 is 22.7 Å². The number of benzene rings is 1. The molecule has 0 spiro atoms. The zero-order valence-corrected chi connectivity index (χ0v) is 23.7. The van der Waals surface area contributed by atoms with Gasteiger partial charge in [-0.15, -0.1) is 0 Å². The molecule has 1 aliphatic heterocycles. The summed E-state index contributed by atoms with van der Waals surface area (Å²) in [6.07, 6.45) is 8.54. The van der Waals surface area contributed by atoms with Crippen LogP contribution in [0.2, 0.25) is 0 Å². The van der Waals surface area contributed by atoms with Gasteiger partial charge < -0.3 is 24.4 Å². The zero-order chi connectivity index (χ0) is 26.9. The molecule has 1 N–H and O–H groups in total. The molecule has 7 nitrogen and oxygen atoms in total. The van der Waals surface area contributed by atoms with Gasteiger partial charge in [0.25, 0.3) is 0 Å². The number of aromatic nitrogens is 1. The number of aryl methyl sites for hydroxylation is 1. The van der Waals surface area contributed by atoms with Crippen LogP contribution in [0, 0.1) is 17.3 Å². The highest BCUT2D eigenvalue weighted by molar-refractivity contribution is 5.86. The second-order valence-corrected chi connectivity index (χ2v) is 12.8. The number of fused-ring (bicyclic) bond motifs is 1. The van der Waals surface area contributed by atoms with Crippen molar-refractivity contribution in [1.29, 1.82) is 0 Å². The molecule has 2 aliphatic carbocycles. The summed E-state index contributed by atoms with van der Waals surface area (Å²) >= 11 is 0. The number of carbonyl (C=O) groups excluding carboxylic acids is 2. The molecule has 2 atom stereocenters. The molecule has 2 heterocycles. The van der Waals surface area contributed by atoms with E-state index in [1.165, 1.54) is 29.3 Å². The van der Waals surface area contributed by atoms with Gasteiger partial charge >= 0.3 is 0 Å². The van der Waals surface area contributed by atoms with Crippen molar-refractivity contribution < 1.29 is 14.3 Å². The van der Waals surface area contributed by atoms with Gasteiger partial charge in [-0.25, -0.2) is 0 Å². The standard InChI is InChI=1S/C31H46N4O3/c1-31(2,3)30(37)35(19-22-10-11-22)26-16-23(17-32-18-26)29(36)34(25-12-13-25)21-24-20-33(14-7-15-38-4)28-9-6-5-8-27(24)28/h5-6,8-9,20,22-23,25-26,32H,7,10-19,21H2,1-4H3. The molecule has 0 radical (unpaired) electrons. The predicted molar refractivity (Wildman–Crippen MR) is 151 cm³/mol. The molecule has 1 saturated heterocycles. The third kappa shape index (κ3) is 6.26. The molecule has 3 aliphatic rings. The molecule has 38 heavy (non-hydrogen) atoms. The third-order valence-corrected chi connectivity index (χ3v) is 8.40. The lowest BCUT2D eigenvalue weighted by Crippen LogP contribution is -2.56. The Morgan fingerprint density at radius 1 is 1.05 bits per heavy atom. The molecular weight excluding hydrogens is 476 g/mol. The van der Waals surface area contributed by atoms with Gasteiger partial charge in [0.05, 0.1) is 5.92 Å². The minimum Gasteiger partial charge on any atom is -0.385 e. The van der Waals surface area contributed by atoms with Crippen LogP contribution in [-0.2, 0) is 27.4 Å². The number of amides is 2. The molecule has 3 fully saturated rings. The first-order chi connectivity index (χ1) is 18.3. The number of piperidine rings is 1. The zero-order valence-electron chi connectivity index (χ0n) is 23.7. The van der Waals surface area contributed by atoms with Gasteiger partial charge in [-0.1, -0.05) is 39.0 Å². The highest BCUT2D eigenvalue weighted by Gasteiger charge is 2.42. The molecular formula is C31H46N4O3. The summed E-state index contributed by atoms with van der Waals surface area (Å²) in [6.45, 7) is 10.6. The largest absolute Gasteiger partial charge is 0.385 e. The quantitative estimate of drug-likeness (QED) is 0.444. The second-order valence-electron chi connectivity index (χ2n) is 12.8. The Morgan fingerprint density at radius 3 is 2.50 bits per heavy atom. The van der Waals surface area contributed by atoms with Crippen LogP contribution in [0.4, 0.5) is 0 Å². The highest BCUT2D eigenvalue weighted by atomic mass is 16.5. The van der Waals surface area contributed by atoms with Crippen LogP contribution in [-0.4, -0.2) is 71.6 Å². The SMILES string of the molecule is COCCCn1cc(CN(C(=O)C2CNCC(N(CC3CC3)C(=O)C(C)(C)C)C2)C2CC2)c2ccccc21. The van der Waals surface area contributed by atoms with E-state index in [-0.39, 0.29) is 23.8 Å². The van der Waals surface area contributed by atoms with E-state index >= 15 is 0 Å². The third-order valence-electron chi connectivity index (χ3n) is 8.40. The summed E-state index contributed by atoms with van der Waals surface area (Å²) in [5.41, 5.74) is 2.03. The lowest BCUT2D eigenvalue weighted by Gasteiger charge is -2.41. The fourth-order valence-corrected chi connectivity index (χ4v) is 5.96. The van der Waals surface area contributed by atoms with E-state index in [4.69, 9.17) is 4.74 Å². The number of para-hydroxylation sites is 1. The topological polar surface area (TPSA) is 66.8 Å². The maximum Gasteiger partial charge on any atom is 0.228 e. The van der Waals surface area contributed by atoms with Crippen molar-refractivity contribution in [2.75, 3.05) is 33.4 Å². The minimum absolute atomic E-state index is 0.0776. The van der Waals surface area contributed by atoms with E-state index in [1.54, 1.807) is 7.11 Å². The lowest BCUT2D eigenvalue weighted by molar-refractivity contribution is -0.145. The van der Waals surface area contributed by atoms with E-state index in [0.717, 1.165) is 51.9 Å². The Balaban J connectivity index is 1.32. The van der Waals surface area contributed by atoms with Gasteiger partial charge in [-0.3, -0.25) is 9.59 Å². The first-order valence-corrected chi connectivity index (χ1v) is 14.6. The van der Waals surface area contributed by atoms with Gasteiger partial charge in [0.15, 0.2) is 0 Å². The lowest BCUT2D eigenvalue weighted by atomic mass is 9.89. The number of methoxy groups -OCH3 is 1. The number of carbonyl (C=O) groups is 2. The van der Waals surface area contributed by atoms with Crippen LogP contribution in [0.5, 0.6) is 0 Å². The predicted octanol–water partition coefficient (Wildman–Crippen LogP) is 4.43. The average molecular weight is 523 g/mol. The molecule has 7 heteroatoms. The number of nitrogens with one attached hydrogen (secondary N) is 1. The summed E-state index contributed by atoms with van der Waals surface area (Å²) in [4.78, 5) is 31.7. The number of ether oxygens (including phenoxy) is 1.